The average Bonchev–Trinajstić information content (AvgIpc) is 4.38. The standard InChI is InChI=1S/C12H13N3.C12H12N2.C11H10BrN3.C11H9BrN2.C11H11N3.3CH5N.CH4.2H3N/c1-8-7-15(3)11-9-4-5-14(2)12(9)13-6-10(8)11;1-8-7-14(2)12-9-4-3-5-11(9)13-6-10(8)12;1-14-4-3-7-10-8(5-13-11(7)14)9(12)6-15(10)2;1-14-6-9(12)8-5-13-10-4-2-3-7(10)11(8)14;1-13-5-3-8-7-12-11-9(10(8)13)4-6-14(11)2;3*1-2;;;/h4-7H,1-3H3;3-4,6-7H,5H2,1-2H3;3-6H,1-2H3;2-3,5-6H,4H2,1H3;3-7H,1-2H3;3*2H2,1H3;1H4;2*1H3. The lowest BCUT2D eigenvalue weighted by atomic mass is 10.1. The third-order valence-corrected chi connectivity index (χ3v) is 15.4. The lowest BCUT2D eigenvalue weighted by Crippen LogP contribution is -1.92. The smallest absolute Gasteiger partial charge is 0.141 e. The van der Waals surface area contributed by atoms with Gasteiger partial charge >= 0.3 is 0 Å². The second-order valence-corrected chi connectivity index (χ2v) is 20.7. The Morgan fingerprint density at radius 2 is 0.716 bits per heavy atom. The van der Waals surface area contributed by atoms with Crippen LogP contribution < -0.4 is 29.5 Å². The van der Waals surface area contributed by atoms with Gasteiger partial charge in [-0.3, -0.25) is 9.97 Å². The number of aromatic nitrogens is 13. The Morgan fingerprint density at radius 1 is 0.383 bits per heavy atom. The van der Waals surface area contributed by atoms with Gasteiger partial charge in [-0.1, -0.05) is 31.7 Å². The van der Waals surface area contributed by atoms with E-state index in [1.807, 2.05) is 73.7 Å². The van der Waals surface area contributed by atoms with Crippen LogP contribution in [0.5, 0.6) is 0 Å². The zero-order valence-corrected chi connectivity index (χ0v) is 51.4. The van der Waals surface area contributed by atoms with Crippen molar-refractivity contribution in [2.75, 3.05) is 21.1 Å². The van der Waals surface area contributed by atoms with Crippen LogP contribution in [0.3, 0.4) is 0 Å². The molecule has 0 spiro atoms. The van der Waals surface area contributed by atoms with Crippen LogP contribution in [0.25, 0.3) is 99.8 Å². The minimum Gasteiger partial charge on any atom is -0.350 e. The summed E-state index contributed by atoms with van der Waals surface area (Å²) in [5.74, 6) is 0. The number of fused-ring (bicyclic) bond motifs is 15. The fraction of sp³-hybridized carbons (Fsp3) is 0.262. The van der Waals surface area contributed by atoms with E-state index >= 15 is 0 Å². The molecule has 13 aromatic heterocycles. The molecule has 2 aliphatic carbocycles. The number of hydrogen-bond acceptors (Lipinski definition) is 10. The molecular weight excluding hydrogens is 1140 g/mol. The number of aryl methyl sites for hydroxylation is 10. The number of pyridine rings is 5. The molecule has 0 unspecified atom stereocenters. The van der Waals surface area contributed by atoms with E-state index in [1.165, 1.54) is 120 Å². The zero-order valence-electron chi connectivity index (χ0n) is 48.3. The molecule has 13 aromatic rings. The van der Waals surface area contributed by atoms with Crippen LogP contribution in [0.1, 0.15) is 41.1 Å². The zero-order chi connectivity index (χ0) is 56.3. The van der Waals surface area contributed by atoms with E-state index < -0.39 is 0 Å². The molecule has 13 heterocycles. The number of nitrogens with zero attached hydrogens (tertiary/aromatic N) is 13. The van der Waals surface area contributed by atoms with Crippen LogP contribution in [0.15, 0.2) is 126 Å². The van der Waals surface area contributed by atoms with Gasteiger partial charge in [0.25, 0.3) is 0 Å². The normalized spacial score (nSPS) is 11.3. The molecule has 0 fully saturated rings. The molecule has 0 saturated heterocycles. The van der Waals surface area contributed by atoms with Crippen molar-refractivity contribution in [3.8, 4) is 0 Å². The van der Waals surface area contributed by atoms with Gasteiger partial charge in [0.05, 0.1) is 39.0 Å². The third kappa shape index (κ3) is 11.9. The second-order valence-electron chi connectivity index (χ2n) is 19.0. The largest absolute Gasteiger partial charge is 0.350 e. The summed E-state index contributed by atoms with van der Waals surface area (Å²) in [5, 5.41) is 9.72. The van der Waals surface area contributed by atoms with E-state index in [9.17, 15) is 0 Å². The summed E-state index contributed by atoms with van der Waals surface area (Å²) in [4.78, 5) is 22.3. The lowest BCUT2D eigenvalue weighted by molar-refractivity contribution is 0.947. The van der Waals surface area contributed by atoms with Gasteiger partial charge in [0.1, 0.15) is 16.9 Å². The quantitative estimate of drug-likeness (QED) is 0.0960. The topological polar surface area (TPSA) is 252 Å². The van der Waals surface area contributed by atoms with Crippen LogP contribution in [-0.4, -0.2) is 82.6 Å². The number of hydrogen-bond donors (Lipinski definition) is 5. The minimum atomic E-state index is 0. The van der Waals surface area contributed by atoms with Gasteiger partial charge in [-0.2, -0.15) is 0 Å². The Balaban J connectivity index is 0.000000180. The maximum Gasteiger partial charge on any atom is 0.141 e. The molecule has 0 saturated carbocycles. The number of halogens is 2. The first-order chi connectivity index (χ1) is 37.7. The molecule has 0 aliphatic heterocycles. The van der Waals surface area contributed by atoms with Gasteiger partial charge in [-0.15, -0.1) is 0 Å². The van der Waals surface area contributed by atoms with Crippen LogP contribution in [0.2, 0.25) is 0 Å². The van der Waals surface area contributed by atoms with Gasteiger partial charge in [-0.05, 0) is 102 Å². The number of rotatable bonds is 0. The Bertz CT molecular complexity index is 4110. The summed E-state index contributed by atoms with van der Waals surface area (Å²) in [7, 11) is 20.9. The van der Waals surface area contributed by atoms with Crippen molar-refractivity contribution in [2.24, 2.45) is 73.6 Å². The molecule has 428 valence electrons. The van der Waals surface area contributed by atoms with Gasteiger partial charge in [-0.25, -0.2) is 15.0 Å². The van der Waals surface area contributed by atoms with Crippen LogP contribution in [-0.2, 0) is 69.2 Å². The molecule has 18 nitrogen and oxygen atoms in total. The highest BCUT2D eigenvalue weighted by molar-refractivity contribution is 9.11. The summed E-state index contributed by atoms with van der Waals surface area (Å²) >= 11 is 7.08. The molecular formula is C61H80Br2N18. The first-order valence-corrected chi connectivity index (χ1v) is 27.1. The van der Waals surface area contributed by atoms with E-state index in [-0.39, 0.29) is 19.7 Å². The number of nitrogens with two attached hydrogens (primary N) is 3. The highest BCUT2D eigenvalue weighted by atomic mass is 79.9. The van der Waals surface area contributed by atoms with E-state index in [4.69, 9.17) is 0 Å². The van der Waals surface area contributed by atoms with E-state index in [1.54, 1.807) is 0 Å². The fourth-order valence-electron chi connectivity index (χ4n) is 10.7. The lowest BCUT2D eigenvalue weighted by Gasteiger charge is -2.02. The Labute approximate surface area is 491 Å². The van der Waals surface area contributed by atoms with Crippen molar-refractivity contribution in [2.45, 2.75) is 34.1 Å². The predicted octanol–water partition coefficient (Wildman–Crippen LogP) is 12.3. The molecule has 0 atom stereocenters. The molecule has 2 aliphatic rings. The Hall–Kier alpha value is -7.69. The SMILES string of the molecule is C.CN.CN.CN.Cc1cn(C)c2c1cnc1c2ccn1C.Cc1cn(C)c2c3c(ncc12)CC=C3.Cn1cc(Br)c2cnc3c(c21)C=CC3.Cn1ccc2c1ncc1c(Br)cn(C)c12.Cn1ccc2c1ncc1ccn(C)c12.N.N. The molecule has 20 heteroatoms. The van der Waals surface area contributed by atoms with Crippen molar-refractivity contribution >= 4 is 132 Å². The third-order valence-electron chi connectivity index (χ3n) is 14.2. The summed E-state index contributed by atoms with van der Waals surface area (Å²) in [6.07, 6.45) is 37.1. The van der Waals surface area contributed by atoms with E-state index in [0.717, 1.165) is 44.1 Å². The fourth-order valence-corrected chi connectivity index (χ4v) is 11.9. The Morgan fingerprint density at radius 3 is 1.21 bits per heavy atom. The highest BCUT2D eigenvalue weighted by Crippen LogP contribution is 2.34. The summed E-state index contributed by atoms with van der Waals surface area (Å²) < 4.78 is 19.1. The summed E-state index contributed by atoms with van der Waals surface area (Å²) in [5.41, 5.74) is 30.5. The molecule has 12 N–H and O–H groups in total. The molecule has 0 aromatic carbocycles. The monoisotopic (exact) mass is 1220 g/mol. The van der Waals surface area contributed by atoms with Crippen molar-refractivity contribution < 1.29 is 0 Å². The van der Waals surface area contributed by atoms with Gasteiger partial charge in [0.2, 0.25) is 0 Å². The van der Waals surface area contributed by atoms with Gasteiger partial charge < -0.3 is 66.0 Å². The van der Waals surface area contributed by atoms with Gasteiger partial charge in [0.15, 0.2) is 0 Å². The first-order valence-electron chi connectivity index (χ1n) is 25.6. The molecule has 0 bridgehead atoms. The first kappa shape index (κ1) is 64.1. The minimum absolute atomic E-state index is 0. The van der Waals surface area contributed by atoms with Crippen molar-refractivity contribution in [3.05, 3.63) is 160 Å². The molecule has 81 heavy (non-hydrogen) atoms. The average molecular weight is 1230 g/mol. The van der Waals surface area contributed by atoms with Crippen molar-refractivity contribution in [1.82, 2.24) is 73.8 Å². The number of allylic oxidation sites excluding steroid dienone is 2. The van der Waals surface area contributed by atoms with Crippen LogP contribution in [0.4, 0.5) is 0 Å². The van der Waals surface area contributed by atoms with Crippen molar-refractivity contribution in [3.63, 3.8) is 0 Å². The van der Waals surface area contributed by atoms with Gasteiger partial charge in [0, 0.05) is 213 Å². The molecule has 0 radical (unpaired) electrons. The molecule has 15 rings (SSSR count). The molecule has 0 amide bonds. The second kappa shape index (κ2) is 27.2. The summed E-state index contributed by atoms with van der Waals surface area (Å²) in [6, 6.07) is 8.45. The van der Waals surface area contributed by atoms with Crippen molar-refractivity contribution in [1.29, 1.82) is 0 Å². The Kier molecular flexibility index (Phi) is 21.5. The maximum atomic E-state index is 4.50. The highest BCUT2D eigenvalue weighted by Gasteiger charge is 2.17. The summed E-state index contributed by atoms with van der Waals surface area (Å²) in [6.45, 7) is 4.26. The predicted molar refractivity (Wildman–Crippen MR) is 350 cm³/mol. The van der Waals surface area contributed by atoms with Crippen LogP contribution >= 0.6 is 31.9 Å². The van der Waals surface area contributed by atoms with E-state index in [0.29, 0.717) is 0 Å². The van der Waals surface area contributed by atoms with Crippen LogP contribution in [0, 0.1) is 13.8 Å². The van der Waals surface area contributed by atoms with E-state index in [2.05, 4.69) is 236 Å². The maximum absolute atomic E-state index is 4.50.